The zero-order valence-electron chi connectivity index (χ0n) is 15.0. The van der Waals surface area contributed by atoms with Gasteiger partial charge in [0.25, 0.3) is 0 Å². The fraction of sp³-hybridized carbons (Fsp3) is 0.500. The Morgan fingerprint density at radius 2 is 1.96 bits per heavy atom. The molecule has 0 radical (unpaired) electrons. The minimum Gasteiger partial charge on any atom is -0.340 e. The summed E-state index contributed by atoms with van der Waals surface area (Å²) in [4.78, 5) is 14.5. The van der Waals surface area contributed by atoms with E-state index in [4.69, 9.17) is 0 Å². The minimum atomic E-state index is 0.296. The topological polar surface area (TPSA) is 38.1 Å². The van der Waals surface area contributed by atoms with Gasteiger partial charge >= 0.3 is 0 Å². The number of carbonyl (C=O) groups is 1. The lowest BCUT2D eigenvalue weighted by molar-refractivity contribution is -0.134. The molecular formula is C20H27N3O. The van der Waals surface area contributed by atoms with Gasteiger partial charge in [-0.1, -0.05) is 12.1 Å². The van der Waals surface area contributed by atoms with Crippen molar-refractivity contribution in [1.82, 2.24) is 14.7 Å². The van der Waals surface area contributed by atoms with Gasteiger partial charge in [-0.3, -0.25) is 4.79 Å². The van der Waals surface area contributed by atoms with Crippen LogP contribution in [-0.4, -0.2) is 33.2 Å². The monoisotopic (exact) mass is 325 g/mol. The highest BCUT2D eigenvalue weighted by Crippen LogP contribution is 2.19. The molecule has 1 atom stereocenters. The summed E-state index contributed by atoms with van der Waals surface area (Å²) in [6.07, 6.45) is 4.94. The van der Waals surface area contributed by atoms with Gasteiger partial charge in [0.2, 0.25) is 5.91 Å². The van der Waals surface area contributed by atoms with Crippen LogP contribution in [0.3, 0.4) is 0 Å². The van der Waals surface area contributed by atoms with E-state index < -0.39 is 0 Å². The van der Waals surface area contributed by atoms with Crippen molar-refractivity contribution in [3.63, 3.8) is 0 Å². The number of hydrogen-bond donors (Lipinski definition) is 0. The number of aromatic nitrogens is 2. The predicted octanol–water partition coefficient (Wildman–Crippen LogP) is 3.82. The number of hydrogen-bond acceptors (Lipinski definition) is 2. The van der Waals surface area contributed by atoms with E-state index in [0.717, 1.165) is 42.9 Å². The average Bonchev–Trinajstić information content (AvgIpc) is 2.92. The molecule has 3 rings (SSSR count). The number of rotatable bonds is 4. The van der Waals surface area contributed by atoms with Crippen molar-refractivity contribution in [3.8, 4) is 5.69 Å². The molecule has 1 fully saturated rings. The number of amides is 1. The molecule has 1 unspecified atom stereocenters. The molecule has 4 heteroatoms. The summed E-state index contributed by atoms with van der Waals surface area (Å²) < 4.78 is 1.96. The van der Waals surface area contributed by atoms with Crippen molar-refractivity contribution in [1.29, 1.82) is 0 Å². The number of likely N-dealkylation sites (tertiary alicyclic amines) is 1. The smallest absolute Gasteiger partial charge is 0.223 e. The molecule has 24 heavy (non-hydrogen) atoms. The van der Waals surface area contributed by atoms with Crippen molar-refractivity contribution >= 4 is 5.91 Å². The van der Waals surface area contributed by atoms with Gasteiger partial charge in [-0.05, 0) is 70.2 Å². The second-order valence-corrected chi connectivity index (χ2v) is 6.94. The molecule has 1 aromatic carbocycles. The molecule has 1 saturated heterocycles. The lowest BCUT2D eigenvalue weighted by Gasteiger charge is -2.33. The molecule has 4 nitrogen and oxygen atoms in total. The van der Waals surface area contributed by atoms with Crippen molar-refractivity contribution in [2.45, 2.75) is 58.9 Å². The third-order valence-electron chi connectivity index (χ3n) is 4.94. The summed E-state index contributed by atoms with van der Waals surface area (Å²) in [5.41, 5.74) is 4.44. The van der Waals surface area contributed by atoms with Gasteiger partial charge in [-0.2, -0.15) is 5.10 Å². The van der Waals surface area contributed by atoms with Gasteiger partial charge in [0, 0.05) is 24.7 Å². The van der Waals surface area contributed by atoms with Crippen LogP contribution in [0, 0.1) is 13.8 Å². The number of aryl methyl sites for hydroxylation is 3. The first-order valence-corrected chi connectivity index (χ1v) is 8.96. The molecular weight excluding hydrogens is 298 g/mol. The quantitative estimate of drug-likeness (QED) is 0.857. The normalized spacial score (nSPS) is 18.0. The number of piperidine rings is 1. The Hall–Kier alpha value is -2.10. The Morgan fingerprint density at radius 3 is 2.58 bits per heavy atom. The summed E-state index contributed by atoms with van der Waals surface area (Å²) in [5.74, 6) is 0.296. The van der Waals surface area contributed by atoms with E-state index in [1.165, 1.54) is 12.0 Å². The molecule has 1 aliphatic rings. The highest BCUT2D eigenvalue weighted by molar-refractivity contribution is 5.76. The summed E-state index contributed by atoms with van der Waals surface area (Å²) in [7, 11) is 0. The van der Waals surface area contributed by atoms with Gasteiger partial charge in [0.05, 0.1) is 11.4 Å². The van der Waals surface area contributed by atoms with Crippen LogP contribution < -0.4 is 0 Å². The Morgan fingerprint density at radius 1 is 1.21 bits per heavy atom. The van der Waals surface area contributed by atoms with Crippen LogP contribution in [0.2, 0.25) is 0 Å². The van der Waals surface area contributed by atoms with Gasteiger partial charge in [0.1, 0.15) is 0 Å². The van der Waals surface area contributed by atoms with E-state index in [2.05, 4.69) is 54.2 Å². The van der Waals surface area contributed by atoms with E-state index in [9.17, 15) is 4.79 Å². The summed E-state index contributed by atoms with van der Waals surface area (Å²) in [5, 5.41) is 4.51. The lowest BCUT2D eigenvalue weighted by atomic mass is 10.0. The average molecular weight is 325 g/mol. The maximum atomic E-state index is 12.4. The molecule has 0 bridgehead atoms. The van der Waals surface area contributed by atoms with E-state index in [0.29, 0.717) is 18.4 Å². The highest BCUT2D eigenvalue weighted by Gasteiger charge is 2.22. The molecule has 0 aliphatic carbocycles. The largest absolute Gasteiger partial charge is 0.340 e. The van der Waals surface area contributed by atoms with Crippen molar-refractivity contribution in [3.05, 3.63) is 47.3 Å². The Balaban J connectivity index is 1.60. The third kappa shape index (κ3) is 3.69. The van der Waals surface area contributed by atoms with Crippen molar-refractivity contribution in [2.75, 3.05) is 6.54 Å². The first kappa shape index (κ1) is 16.7. The Bertz CT molecular complexity index is 702. The minimum absolute atomic E-state index is 0.296. The number of carbonyl (C=O) groups excluding carboxylic acids is 1. The fourth-order valence-corrected chi connectivity index (χ4v) is 3.56. The second kappa shape index (κ2) is 7.20. The summed E-state index contributed by atoms with van der Waals surface area (Å²) in [6.45, 7) is 7.16. The molecule has 0 N–H and O–H groups in total. The van der Waals surface area contributed by atoms with Crippen LogP contribution in [0.4, 0.5) is 0 Å². The van der Waals surface area contributed by atoms with Gasteiger partial charge < -0.3 is 4.90 Å². The molecule has 1 aromatic heterocycles. The molecule has 1 aliphatic heterocycles. The van der Waals surface area contributed by atoms with Crippen molar-refractivity contribution in [2.24, 2.45) is 0 Å². The van der Waals surface area contributed by atoms with Crippen LogP contribution in [0.15, 0.2) is 30.3 Å². The first-order valence-electron chi connectivity index (χ1n) is 8.96. The summed E-state index contributed by atoms with van der Waals surface area (Å²) >= 11 is 0. The van der Waals surface area contributed by atoms with E-state index in [-0.39, 0.29) is 0 Å². The molecule has 2 aromatic rings. The van der Waals surface area contributed by atoms with Gasteiger partial charge in [-0.25, -0.2) is 4.68 Å². The van der Waals surface area contributed by atoms with Crippen LogP contribution >= 0.6 is 0 Å². The summed E-state index contributed by atoms with van der Waals surface area (Å²) in [6, 6.07) is 10.9. The standard InChI is InChI=1S/C20H27N3O/c1-15-14-17(3)23(21-15)19-10-7-18(8-11-19)9-12-20(24)22-13-5-4-6-16(22)2/h7-8,10-11,14,16H,4-6,9,12-13H2,1-3H3. The zero-order valence-corrected chi connectivity index (χ0v) is 15.0. The van der Waals surface area contributed by atoms with Gasteiger partial charge in [-0.15, -0.1) is 0 Å². The van der Waals surface area contributed by atoms with E-state index in [1.807, 2.05) is 11.6 Å². The Kier molecular flexibility index (Phi) is 5.03. The van der Waals surface area contributed by atoms with Crippen molar-refractivity contribution < 1.29 is 4.79 Å². The van der Waals surface area contributed by atoms with Crippen LogP contribution in [0.5, 0.6) is 0 Å². The molecule has 128 valence electrons. The Labute approximate surface area is 144 Å². The SMILES string of the molecule is Cc1cc(C)n(-c2ccc(CCC(=O)N3CCCCC3C)cc2)n1. The second-order valence-electron chi connectivity index (χ2n) is 6.94. The zero-order chi connectivity index (χ0) is 17.1. The number of benzene rings is 1. The van der Waals surface area contributed by atoms with Crippen LogP contribution in [0.1, 0.15) is 49.6 Å². The van der Waals surface area contributed by atoms with E-state index in [1.54, 1.807) is 0 Å². The fourth-order valence-electron chi connectivity index (χ4n) is 3.56. The van der Waals surface area contributed by atoms with Crippen LogP contribution in [-0.2, 0) is 11.2 Å². The van der Waals surface area contributed by atoms with Gasteiger partial charge in [0.15, 0.2) is 0 Å². The third-order valence-corrected chi connectivity index (χ3v) is 4.94. The number of nitrogens with zero attached hydrogens (tertiary/aromatic N) is 3. The molecule has 2 heterocycles. The maximum absolute atomic E-state index is 12.4. The first-order chi connectivity index (χ1) is 11.5. The molecule has 0 spiro atoms. The van der Waals surface area contributed by atoms with Crippen LogP contribution in [0.25, 0.3) is 5.69 Å². The predicted molar refractivity (Wildman–Crippen MR) is 96.4 cm³/mol. The molecule has 1 amide bonds. The highest BCUT2D eigenvalue weighted by atomic mass is 16.2. The maximum Gasteiger partial charge on any atom is 0.223 e. The molecule has 0 saturated carbocycles. The van der Waals surface area contributed by atoms with E-state index >= 15 is 0 Å². The lowest BCUT2D eigenvalue weighted by Crippen LogP contribution is -2.42.